The number of carboxylic acid groups (broad SMARTS) is 1. The van der Waals surface area contributed by atoms with Gasteiger partial charge in [-0.15, -0.1) is 5.54 Å². The number of amides is 2. The summed E-state index contributed by atoms with van der Waals surface area (Å²) in [6, 6.07) is 2.65. The van der Waals surface area contributed by atoms with Crippen molar-refractivity contribution in [3.63, 3.8) is 0 Å². The van der Waals surface area contributed by atoms with Crippen molar-refractivity contribution in [2.45, 2.75) is 91.9 Å². The molecule has 0 aliphatic carbocycles. The summed E-state index contributed by atoms with van der Waals surface area (Å²) in [5.74, 6) is 3.27. The number of rotatable bonds is 8. The zero-order chi connectivity index (χ0) is 28.8. The van der Waals surface area contributed by atoms with Crippen molar-refractivity contribution in [1.29, 1.82) is 0 Å². The number of nitrogens with zero attached hydrogens (tertiary/aromatic N) is 4. The average Bonchev–Trinajstić information content (AvgIpc) is 2.81. The van der Waals surface area contributed by atoms with Crippen LogP contribution in [0.5, 0.6) is 0 Å². The fraction of sp³-hybridized carbons (Fsp3) is 0.552. The van der Waals surface area contributed by atoms with Crippen LogP contribution in [-0.4, -0.2) is 57.6 Å². The van der Waals surface area contributed by atoms with E-state index in [1.807, 2.05) is 26.8 Å². The van der Waals surface area contributed by atoms with E-state index in [0.29, 0.717) is 28.1 Å². The van der Waals surface area contributed by atoms with Crippen LogP contribution < -0.4 is 5.32 Å². The van der Waals surface area contributed by atoms with E-state index in [9.17, 15) is 14.7 Å². The van der Waals surface area contributed by atoms with Crippen molar-refractivity contribution in [1.82, 2.24) is 19.9 Å². The minimum atomic E-state index is -2.04. The molecule has 38 heavy (non-hydrogen) atoms. The lowest BCUT2D eigenvalue weighted by Gasteiger charge is -2.38. The molecule has 0 saturated heterocycles. The molecule has 2 aromatic rings. The van der Waals surface area contributed by atoms with Gasteiger partial charge in [0.25, 0.3) is 0 Å². The second-order valence-corrected chi connectivity index (χ2v) is 17.6. The van der Waals surface area contributed by atoms with Crippen molar-refractivity contribution >= 4 is 25.9 Å². The van der Waals surface area contributed by atoms with Crippen molar-refractivity contribution in [3.05, 3.63) is 36.5 Å². The molecule has 0 bridgehead atoms. The summed E-state index contributed by atoms with van der Waals surface area (Å²) in [4.78, 5) is 39.1. The molecule has 9 heteroatoms. The van der Waals surface area contributed by atoms with Crippen LogP contribution in [0.15, 0.2) is 30.9 Å². The van der Waals surface area contributed by atoms with E-state index in [-0.39, 0.29) is 12.0 Å². The highest BCUT2D eigenvalue weighted by atomic mass is 28.3. The van der Waals surface area contributed by atoms with E-state index < -0.39 is 26.1 Å². The van der Waals surface area contributed by atoms with E-state index in [2.05, 4.69) is 68.3 Å². The molecule has 0 aromatic carbocycles. The number of anilines is 1. The molecular formula is C29H43N5O3Si. The molecule has 2 amide bonds. The average molecular weight is 538 g/mol. The summed E-state index contributed by atoms with van der Waals surface area (Å²) < 4.78 is 0. The summed E-state index contributed by atoms with van der Waals surface area (Å²) in [6.07, 6.45) is 3.76. The smallest absolute Gasteiger partial charge is 0.407 e. The predicted octanol–water partition coefficient (Wildman–Crippen LogP) is 6.46. The fourth-order valence-corrected chi connectivity index (χ4v) is 10.4. The Morgan fingerprint density at radius 3 is 2.03 bits per heavy atom. The van der Waals surface area contributed by atoms with Gasteiger partial charge in [-0.3, -0.25) is 9.69 Å². The zero-order valence-corrected chi connectivity index (χ0v) is 25.5. The van der Waals surface area contributed by atoms with E-state index in [4.69, 9.17) is 4.98 Å². The van der Waals surface area contributed by atoms with Crippen LogP contribution in [0.2, 0.25) is 16.6 Å². The Hall–Kier alpha value is -3.25. The molecule has 0 spiro atoms. The molecule has 0 radical (unpaired) electrons. The summed E-state index contributed by atoms with van der Waals surface area (Å²) in [5, 5.41) is 12.5. The Labute approximate surface area is 228 Å². The summed E-state index contributed by atoms with van der Waals surface area (Å²) in [6.45, 7) is 21.1. The minimum Gasteiger partial charge on any atom is -0.465 e. The highest BCUT2D eigenvalue weighted by Crippen LogP contribution is 2.41. The van der Waals surface area contributed by atoms with Gasteiger partial charge in [-0.05, 0) is 41.1 Å². The van der Waals surface area contributed by atoms with Gasteiger partial charge in [0.1, 0.15) is 32.0 Å². The van der Waals surface area contributed by atoms with Gasteiger partial charge >= 0.3 is 6.09 Å². The summed E-state index contributed by atoms with van der Waals surface area (Å²) in [5.41, 5.74) is 6.86. The van der Waals surface area contributed by atoms with Gasteiger partial charge < -0.3 is 10.4 Å². The van der Waals surface area contributed by atoms with Gasteiger partial charge in [-0.25, -0.2) is 19.7 Å². The SMILES string of the molecule is CC(C(=O)Nc1ccc(-c2cncnc2)c(C#C[Si](C(C)C)(C(C)C)C(C)C)n1)N(CC(C)(C)C)C(=O)O. The highest BCUT2D eigenvalue weighted by Gasteiger charge is 2.41. The molecule has 206 valence electrons. The normalized spacial score (nSPS) is 12.8. The van der Waals surface area contributed by atoms with Crippen LogP contribution in [0.3, 0.4) is 0 Å². The lowest BCUT2D eigenvalue weighted by Crippen LogP contribution is -2.48. The maximum absolute atomic E-state index is 13.1. The summed E-state index contributed by atoms with van der Waals surface area (Å²) in [7, 11) is -2.04. The molecule has 1 atom stereocenters. The first-order valence-electron chi connectivity index (χ1n) is 13.2. The van der Waals surface area contributed by atoms with Crippen molar-refractivity contribution in [2.75, 3.05) is 11.9 Å². The molecule has 0 aliphatic heterocycles. The van der Waals surface area contributed by atoms with E-state index in [1.54, 1.807) is 25.4 Å². The minimum absolute atomic E-state index is 0.223. The topological polar surface area (TPSA) is 108 Å². The standard InChI is InChI=1S/C29H43N5O3Si/c1-19(2)38(20(3)4,21(5)6)14-13-25-24(23-15-30-18-31-16-23)11-12-26(32-25)33-27(35)22(7)34(28(36)37)17-29(8,9)10/h11-12,15-16,18-22H,17H2,1-10H3,(H,36,37)(H,32,33,35). The molecular weight excluding hydrogens is 494 g/mol. The lowest BCUT2D eigenvalue weighted by molar-refractivity contribution is -0.120. The first kappa shape index (κ1) is 31.0. The van der Waals surface area contributed by atoms with Crippen LogP contribution in [-0.2, 0) is 4.79 Å². The Morgan fingerprint density at radius 2 is 1.55 bits per heavy atom. The van der Waals surface area contributed by atoms with Crippen molar-refractivity contribution < 1.29 is 14.7 Å². The first-order valence-corrected chi connectivity index (χ1v) is 15.4. The van der Waals surface area contributed by atoms with Crippen LogP contribution in [0.25, 0.3) is 11.1 Å². The second kappa shape index (κ2) is 12.5. The molecule has 0 aliphatic rings. The molecule has 2 heterocycles. The predicted molar refractivity (Wildman–Crippen MR) is 155 cm³/mol. The quantitative estimate of drug-likeness (QED) is 0.295. The second-order valence-electron chi connectivity index (χ2n) is 12.0. The number of nitrogens with one attached hydrogen (secondary N) is 1. The van der Waals surface area contributed by atoms with E-state index in [1.165, 1.54) is 6.33 Å². The van der Waals surface area contributed by atoms with Crippen molar-refractivity contribution in [3.8, 4) is 22.6 Å². The van der Waals surface area contributed by atoms with Gasteiger partial charge in [0.05, 0.1) is 0 Å². The molecule has 0 fully saturated rings. The Kier molecular flexibility index (Phi) is 10.2. The fourth-order valence-electron chi connectivity index (χ4n) is 5.15. The monoisotopic (exact) mass is 537 g/mol. The highest BCUT2D eigenvalue weighted by molar-refractivity contribution is 6.90. The largest absolute Gasteiger partial charge is 0.465 e. The third-order valence-electron chi connectivity index (χ3n) is 7.02. The third-order valence-corrected chi connectivity index (χ3v) is 13.3. The molecule has 1 unspecified atom stereocenters. The Morgan fingerprint density at radius 1 is 1.00 bits per heavy atom. The number of hydrogen-bond donors (Lipinski definition) is 2. The number of carbonyl (C=O) groups excluding carboxylic acids is 1. The summed E-state index contributed by atoms with van der Waals surface area (Å²) >= 11 is 0. The third kappa shape index (κ3) is 7.41. The maximum Gasteiger partial charge on any atom is 0.407 e. The molecule has 2 N–H and O–H groups in total. The number of hydrogen-bond acceptors (Lipinski definition) is 5. The molecule has 0 saturated carbocycles. The Bertz CT molecular complexity index is 1160. The lowest BCUT2D eigenvalue weighted by atomic mass is 9.95. The number of aromatic nitrogens is 3. The number of carbonyl (C=O) groups is 2. The zero-order valence-electron chi connectivity index (χ0n) is 24.5. The van der Waals surface area contributed by atoms with Gasteiger partial charge in [0.2, 0.25) is 5.91 Å². The van der Waals surface area contributed by atoms with Gasteiger partial charge in [0.15, 0.2) is 0 Å². The van der Waals surface area contributed by atoms with Crippen LogP contribution >= 0.6 is 0 Å². The van der Waals surface area contributed by atoms with Crippen LogP contribution in [0, 0.1) is 16.9 Å². The maximum atomic E-state index is 13.1. The van der Waals surface area contributed by atoms with Crippen molar-refractivity contribution in [2.24, 2.45) is 5.41 Å². The van der Waals surface area contributed by atoms with Crippen LogP contribution in [0.1, 0.15) is 74.9 Å². The first-order chi connectivity index (χ1) is 17.6. The van der Waals surface area contributed by atoms with E-state index in [0.717, 1.165) is 16.0 Å². The van der Waals surface area contributed by atoms with Gasteiger partial charge in [-0.2, -0.15) is 0 Å². The molecule has 8 nitrogen and oxygen atoms in total. The van der Waals surface area contributed by atoms with E-state index >= 15 is 0 Å². The van der Waals surface area contributed by atoms with Gasteiger partial charge in [-0.1, -0.05) is 68.2 Å². The van der Waals surface area contributed by atoms with Gasteiger partial charge in [0, 0.05) is 30.1 Å². The molecule has 2 rings (SSSR count). The number of pyridine rings is 1. The molecule has 2 aromatic heterocycles. The Balaban J connectivity index is 2.55. The van der Waals surface area contributed by atoms with Crippen LogP contribution in [0.4, 0.5) is 10.6 Å².